The number of hydrogen-bond acceptors (Lipinski definition) is 1. The molecule has 0 aromatic heterocycles. The quantitative estimate of drug-likeness (QED) is 0.811. The molecule has 1 rings (SSSR count). The lowest BCUT2D eigenvalue weighted by Gasteiger charge is -2.12. The van der Waals surface area contributed by atoms with Crippen LogP contribution in [0.4, 0.5) is 0 Å². The zero-order valence-electron chi connectivity index (χ0n) is 10.9. The Morgan fingerprint density at radius 2 is 1.82 bits per heavy atom. The molecule has 0 fully saturated rings. The van der Waals surface area contributed by atoms with Crippen molar-refractivity contribution in [3.63, 3.8) is 0 Å². The van der Waals surface area contributed by atoms with E-state index < -0.39 is 5.97 Å². The molecule has 0 bridgehead atoms. The van der Waals surface area contributed by atoms with Gasteiger partial charge in [0.15, 0.2) is 0 Å². The van der Waals surface area contributed by atoms with Crippen molar-refractivity contribution in [3.05, 3.63) is 35.4 Å². The van der Waals surface area contributed by atoms with Crippen LogP contribution < -0.4 is 0 Å². The summed E-state index contributed by atoms with van der Waals surface area (Å²) in [6.07, 6.45) is 2.65. The van der Waals surface area contributed by atoms with E-state index in [2.05, 4.69) is 26.0 Å². The minimum absolute atomic E-state index is 0.354. The van der Waals surface area contributed by atoms with Crippen LogP contribution in [0.15, 0.2) is 24.3 Å². The highest BCUT2D eigenvalue weighted by atomic mass is 16.4. The molecule has 2 heteroatoms. The second-order valence-electron chi connectivity index (χ2n) is 5.02. The van der Waals surface area contributed by atoms with Crippen molar-refractivity contribution in [1.82, 2.24) is 0 Å². The van der Waals surface area contributed by atoms with Crippen LogP contribution in [0.1, 0.15) is 50.7 Å². The molecule has 1 aromatic rings. The highest BCUT2D eigenvalue weighted by Gasteiger charge is 2.18. The molecule has 0 radical (unpaired) electrons. The molecule has 1 aromatic carbocycles. The number of carboxylic acids is 1. The summed E-state index contributed by atoms with van der Waals surface area (Å²) in [7, 11) is 0. The number of rotatable bonds is 6. The summed E-state index contributed by atoms with van der Waals surface area (Å²) in [5, 5.41) is 9.17. The Labute approximate surface area is 104 Å². The Balaban J connectivity index is 2.80. The largest absolute Gasteiger partial charge is 0.481 e. The first-order valence-corrected chi connectivity index (χ1v) is 6.36. The van der Waals surface area contributed by atoms with E-state index in [-0.39, 0.29) is 5.92 Å². The first-order chi connectivity index (χ1) is 8.04. The topological polar surface area (TPSA) is 37.3 Å². The standard InChI is InChI=1S/C15H22O2/c1-4-5-14(15(16)17)13-8-6-12(7-9-13)10-11(2)3/h6-9,11,14H,4-5,10H2,1-3H3,(H,16,17). The van der Waals surface area contributed by atoms with Gasteiger partial charge in [0.2, 0.25) is 0 Å². The molecule has 0 amide bonds. The molecule has 2 nitrogen and oxygen atoms in total. The average molecular weight is 234 g/mol. The van der Waals surface area contributed by atoms with Gasteiger partial charge in [0.05, 0.1) is 5.92 Å². The fourth-order valence-corrected chi connectivity index (χ4v) is 2.08. The molecule has 17 heavy (non-hydrogen) atoms. The van der Waals surface area contributed by atoms with Gasteiger partial charge in [-0.15, -0.1) is 0 Å². The zero-order chi connectivity index (χ0) is 12.8. The lowest BCUT2D eigenvalue weighted by Crippen LogP contribution is -2.11. The molecule has 0 heterocycles. The summed E-state index contributed by atoms with van der Waals surface area (Å²) in [6, 6.07) is 8.04. The Kier molecular flexibility index (Phi) is 5.20. The van der Waals surface area contributed by atoms with Gasteiger partial charge in [-0.25, -0.2) is 0 Å². The van der Waals surface area contributed by atoms with Gasteiger partial charge >= 0.3 is 5.97 Å². The molecule has 0 spiro atoms. The molecule has 0 aliphatic rings. The van der Waals surface area contributed by atoms with Crippen LogP contribution in [0.3, 0.4) is 0 Å². The maximum Gasteiger partial charge on any atom is 0.310 e. The third kappa shape index (κ3) is 4.22. The van der Waals surface area contributed by atoms with Crippen molar-refractivity contribution < 1.29 is 9.90 Å². The third-order valence-electron chi connectivity index (χ3n) is 2.90. The second-order valence-corrected chi connectivity index (χ2v) is 5.02. The van der Waals surface area contributed by atoms with Crippen LogP contribution in [-0.4, -0.2) is 11.1 Å². The molecule has 1 N–H and O–H groups in total. The number of carbonyl (C=O) groups is 1. The summed E-state index contributed by atoms with van der Waals surface area (Å²) < 4.78 is 0. The van der Waals surface area contributed by atoms with Gasteiger partial charge in [0, 0.05) is 0 Å². The maximum absolute atomic E-state index is 11.2. The van der Waals surface area contributed by atoms with E-state index in [4.69, 9.17) is 0 Å². The number of benzene rings is 1. The second kappa shape index (κ2) is 6.43. The van der Waals surface area contributed by atoms with Gasteiger partial charge < -0.3 is 5.11 Å². The number of hydrogen-bond donors (Lipinski definition) is 1. The predicted molar refractivity (Wildman–Crippen MR) is 70.3 cm³/mol. The number of aliphatic carboxylic acids is 1. The van der Waals surface area contributed by atoms with Crippen molar-refractivity contribution in [2.24, 2.45) is 5.92 Å². The van der Waals surface area contributed by atoms with Gasteiger partial charge in [-0.1, -0.05) is 51.5 Å². The smallest absolute Gasteiger partial charge is 0.310 e. The van der Waals surface area contributed by atoms with E-state index in [1.807, 2.05) is 19.1 Å². The summed E-state index contributed by atoms with van der Waals surface area (Å²) in [4.78, 5) is 11.2. The van der Waals surface area contributed by atoms with E-state index in [1.165, 1.54) is 5.56 Å². The highest BCUT2D eigenvalue weighted by molar-refractivity contribution is 5.76. The van der Waals surface area contributed by atoms with E-state index in [0.717, 1.165) is 18.4 Å². The van der Waals surface area contributed by atoms with E-state index in [1.54, 1.807) is 0 Å². The van der Waals surface area contributed by atoms with E-state index in [9.17, 15) is 9.90 Å². The van der Waals surface area contributed by atoms with E-state index >= 15 is 0 Å². The Morgan fingerprint density at radius 1 is 1.24 bits per heavy atom. The summed E-state index contributed by atoms with van der Waals surface area (Å²) in [5.74, 6) is -0.441. The molecule has 0 aliphatic heterocycles. The lowest BCUT2D eigenvalue weighted by atomic mass is 9.92. The van der Waals surface area contributed by atoms with Crippen molar-refractivity contribution >= 4 is 5.97 Å². The molecule has 1 unspecified atom stereocenters. The van der Waals surface area contributed by atoms with Crippen molar-refractivity contribution in [2.75, 3.05) is 0 Å². The maximum atomic E-state index is 11.2. The fourth-order valence-electron chi connectivity index (χ4n) is 2.08. The molecule has 0 saturated heterocycles. The molecule has 94 valence electrons. The van der Waals surface area contributed by atoms with Crippen LogP contribution in [0, 0.1) is 5.92 Å². The number of carboxylic acid groups (broad SMARTS) is 1. The Morgan fingerprint density at radius 3 is 2.24 bits per heavy atom. The normalized spacial score (nSPS) is 12.7. The Hall–Kier alpha value is -1.31. The van der Waals surface area contributed by atoms with Crippen molar-refractivity contribution in [1.29, 1.82) is 0 Å². The highest BCUT2D eigenvalue weighted by Crippen LogP contribution is 2.22. The summed E-state index contributed by atoms with van der Waals surface area (Å²) in [6.45, 7) is 6.39. The lowest BCUT2D eigenvalue weighted by molar-refractivity contribution is -0.139. The van der Waals surface area contributed by atoms with E-state index in [0.29, 0.717) is 12.3 Å². The van der Waals surface area contributed by atoms with Crippen LogP contribution in [0.2, 0.25) is 0 Å². The van der Waals surface area contributed by atoms with Gasteiger partial charge in [0.25, 0.3) is 0 Å². The minimum atomic E-state index is -0.719. The Bertz CT molecular complexity index is 352. The van der Waals surface area contributed by atoms with Crippen LogP contribution in [0.25, 0.3) is 0 Å². The predicted octanol–water partition coefficient (Wildman–Crippen LogP) is 3.85. The van der Waals surface area contributed by atoms with Crippen molar-refractivity contribution in [3.8, 4) is 0 Å². The monoisotopic (exact) mass is 234 g/mol. The van der Waals surface area contributed by atoms with Gasteiger partial charge in [-0.2, -0.15) is 0 Å². The van der Waals surface area contributed by atoms with Gasteiger partial charge in [-0.05, 0) is 29.9 Å². The SMILES string of the molecule is CCCC(C(=O)O)c1ccc(CC(C)C)cc1. The summed E-state index contributed by atoms with van der Waals surface area (Å²) in [5.41, 5.74) is 2.20. The molecule has 0 saturated carbocycles. The van der Waals surface area contributed by atoms with Crippen molar-refractivity contribution in [2.45, 2.75) is 46.0 Å². The minimum Gasteiger partial charge on any atom is -0.481 e. The third-order valence-corrected chi connectivity index (χ3v) is 2.90. The fraction of sp³-hybridized carbons (Fsp3) is 0.533. The van der Waals surface area contributed by atoms with Crippen LogP contribution >= 0.6 is 0 Å². The first kappa shape index (κ1) is 13.8. The molecule has 0 aliphatic carbocycles. The molecular formula is C15H22O2. The molecule has 1 atom stereocenters. The molecular weight excluding hydrogens is 212 g/mol. The van der Waals surface area contributed by atoms with Crippen LogP contribution in [-0.2, 0) is 11.2 Å². The first-order valence-electron chi connectivity index (χ1n) is 6.36. The van der Waals surface area contributed by atoms with Gasteiger partial charge in [0.1, 0.15) is 0 Å². The zero-order valence-corrected chi connectivity index (χ0v) is 10.9. The van der Waals surface area contributed by atoms with Gasteiger partial charge in [-0.3, -0.25) is 4.79 Å². The summed E-state index contributed by atoms with van der Waals surface area (Å²) >= 11 is 0. The average Bonchev–Trinajstić information content (AvgIpc) is 2.26. The van der Waals surface area contributed by atoms with Crippen LogP contribution in [0.5, 0.6) is 0 Å².